The minimum atomic E-state index is -0.880. The van der Waals surface area contributed by atoms with Gasteiger partial charge in [-0.25, -0.2) is 4.79 Å². The summed E-state index contributed by atoms with van der Waals surface area (Å²) in [5, 5.41) is 5.81. The molecule has 4 amide bonds. The highest BCUT2D eigenvalue weighted by molar-refractivity contribution is 6.09. The van der Waals surface area contributed by atoms with Crippen molar-refractivity contribution in [1.82, 2.24) is 20.4 Å². The number of nitrogens with zero attached hydrogens (tertiary/aromatic N) is 2. The number of rotatable bonds is 6. The molecule has 1 aromatic carbocycles. The molecule has 1 aromatic rings. The second-order valence-electron chi connectivity index (χ2n) is 9.95. The number of imide groups is 1. The zero-order valence-corrected chi connectivity index (χ0v) is 18.7. The first-order valence-electron chi connectivity index (χ1n) is 10.7. The molecule has 2 fully saturated rings. The van der Waals surface area contributed by atoms with E-state index in [0.29, 0.717) is 25.3 Å². The van der Waals surface area contributed by atoms with E-state index in [1.54, 1.807) is 0 Å². The summed E-state index contributed by atoms with van der Waals surface area (Å²) in [7, 11) is 3.91. The van der Waals surface area contributed by atoms with Crippen LogP contribution in [0.3, 0.4) is 0 Å². The Morgan fingerprint density at radius 2 is 1.90 bits per heavy atom. The first-order valence-corrected chi connectivity index (χ1v) is 10.7. The van der Waals surface area contributed by atoms with Crippen LogP contribution in [0, 0.1) is 11.3 Å². The fourth-order valence-corrected chi connectivity index (χ4v) is 5.33. The van der Waals surface area contributed by atoms with Crippen molar-refractivity contribution in [2.75, 3.05) is 27.2 Å². The van der Waals surface area contributed by atoms with Crippen LogP contribution in [0.1, 0.15) is 51.6 Å². The Hall–Kier alpha value is -2.41. The number of carbonyl (C=O) groups excluding carboxylic acids is 3. The molecule has 1 aliphatic heterocycles. The Kier molecular flexibility index (Phi) is 6.22. The van der Waals surface area contributed by atoms with Gasteiger partial charge in [0, 0.05) is 6.54 Å². The van der Waals surface area contributed by atoms with Crippen LogP contribution in [0.5, 0.6) is 0 Å². The van der Waals surface area contributed by atoms with Gasteiger partial charge in [0.2, 0.25) is 5.91 Å². The normalized spacial score (nSPS) is 26.7. The Balaban J connectivity index is 1.64. The lowest BCUT2D eigenvalue weighted by Gasteiger charge is -2.43. The molecule has 1 spiro atoms. The van der Waals surface area contributed by atoms with Gasteiger partial charge in [0.15, 0.2) is 0 Å². The van der Waals surface area contributed by atoms with Crippen LogP contribution in [0.15, 0.2) is 30.3 Å². The molecule has 2 N–H and O–H groups in total. The molecule has 164 valence electrons. The van der Waals surface area contributed by atoms with Crippen molar-refractivity contribution in [3.8, 4) is 0 Å². The van der Waals surface area contributed by atoms with Crippen molar-refractivity contribution in [3.05, 3.63) is 35.9 Å². The van der Waals surface area contributed by atoms with E-state index >= 15 is 0 Å². The van der Waals surface area contributed by atoms with Crippen LogP contribution in [0.2, 0.25) is 0 Å². The molecule has 1 saturated heterocycles. The minimum Gasteiger partial charge on any atom is -0.353 e. The zero-order chi connectivity index (χ0) is 22.1. The third-order valence-electron chi connectivity index (χ3n) is 6.23. The first kappa shape index (κ1) is 22.3. The van der Waals surface area contributed by atoms with Gasteiger partial charge >= 0.3 is 6.03 Å². The van der Waals surface area contributed by atoms with Gasteiger partial charge in [-0.05, 0) is 50.3 Å². The molecule has 3 unspecified atom stereocenters. The summed E-state index contributed by atoms with van der Waals surface area (Å²) in [6.07, 6.45) is 2.24. The Labute approximate surface area is 179 Å². The van der Waals surface area contributed by atoms with E-state index in [0.717, 1.165) is 16.9 Å². The van der Waals surface area contributed by atoms with Crippen LogP contribution in [0.4, 0.5) is 4.79 Å². The van der Waals surface area contributed by atoms with Crippen molar-refractivity contribution >= 4 is 17.8 Å². The molecular weight excluding hydrogens is 380 g/mol. The van der Waals surface area contributed by atoms with Crippen LogP contribution in [-0.2, 0) is 9.59 Å². The maximum Gasteiger partial charge on any atom is 0.325 e. The third kappa shape index (κ3) is 4.67. The van der Waals surface area contributed by atoms with Crippen molar-refractivity contribution in [3.63, 3.8) is 0 Å². The summed E-state index contributed by atoms with van der Waals surface area (Å²) in [5.41, 5.74) is 0.178. The second kappa shape index (κ2) is 8.38. The average molecular weight is 415 g/mol. The van der Waals surface area contributed by atoms with E-state index in [1.165, 1.54) is 0 Å². The van der Waals surface area contributed by atoms with E-state index in [-0.39, 0.29) is 29.8 Å². The van der Waals surface area contributed by atoms with E-state index in [4.69, 9.17) is 0 Å². The molecule has 0 aromatic heterocycles. The number of hydrogen-bond donors (Lipinski definition) is 2. The van der Waals surface area contributed by atoms with Gasteiger partial charge in [-0.15, -0.1) is 0 Å². The van der Waals surface area contributed by atoms with Crippen LogP contribution in [0.25, 0.3) is 0 Å². The van der Waals surface area contributed by atoms with Crippen LogP contribution >= 0.6 is 0 Å². The van der Waals surface area contributed by atoms with E-state index < -0.39 is 11.6 Å². The maximum absolute atomic E-state index is 13.2. The lowest BCUT2D eigenvalue weighted by molar-refractivity contribution is -0.137. The maximum atomic E-state index is 13.2. The quantitative estimate of drug-likeness (QED) is 0.701. The molecule has 30 heavy (non-hydrogen) atoms. The molecule has 0 bridgehead atoms. The Morgan fingerprint density at radius 3 is 2.50 bits per heavy atom. The van der Waals surface area contributed by atoms with Gasteiger partial charge in [-0.3, -0.25) is 14.5 Å². The predicted molar refractivity (Wildman–Crippen MR) is 116 cm³/mol. The molecule has 7 heteroatoms. The molecule has 1 heterocycles. The summed E-state index contributed by atoms with van der Waals surface area (Å²) in [5.74, 6) is -0.269. The summed E-state index contributed by atoms with van der Waals surface area (Å²) in [6.45, 7) is 6.52. The first-order chi connectivity index (χ1) is 14.0. The van der Waals surface area contributed by atoms with Gasteiger partial charge in [0.05, 0.1) is 6.04 Å². The van der Waals surface area contributed by atoms with E-state index in [9.17, 15) is 14.4 Å². The smallest absolute Gasteiger partial charge is 0.325 e. The van der Waals surface area contributed by atoms with Gasteiger partial charge in [0.25, 0.3) is 5.91 Å². The van der Waals surface area contributed by atoms with Gasteiger partial charge in [-0.2, -0.15) is 0 Å². The predicted octanol–water partition coefficient (Wildman–Crippen LogP) is 2.54. The summed E-state index contributed by atoms with van der Waals surface area (Å²) in [6, 6.07) is 9.46. The van der Waals surface area contributed by atoms with Crippen molar-refractivity contribution in [2.45, 2.75) is 51.6 Å². The number of hydrogen-bond acceptors (Lipinski definition) is 4. The molecule has 3 atom stereocenters. The van der Waals surface area contributed by atoms with Gasteiger partial charge in [-0.1, -0.05) is 51.1 Å². The van der Waals surface area contributed by atoms with Gasteiger partial charge < -0.3 is 15.5 Å². The summed E-state index contributed by atoms with van der Waals surface area (Å²) in [4.78, 5) is 41.5. The molecule has 7 nitrogen and oxygen atoms in total. The highest BCUT2D eigenvalue weighted by Crippen LogP contribution is 2.46. The number of carbonyl (C=O) groups is 3. The highest BCUT2D eigenvalue weighted by Gasteiger charge is 2.56. The largest absolute Gasteiger partial charge is 0.353 e. The van der Waals surface area contributed by atoms with Crippen molar-refractivity contribution in [1.29, 1.82) is 0 Å². The van der Waals surface area contributed by atoms with Gasteiger partial charge in [0.1, 0.15) is 12.1 Å². The topological polar surface area (TPSA) is 81.8 Å². The van der Waals surface area contributed by atoms with E-state index in [1.807, 2.05) is 49.3 Å². The summed E-state index contributed by atoms with van der Waals surface area (Å²) >= 11 is 0. The molecule has 1 aliphatic carbocycles. The van der Waals surface area contributed by atoms with Crippen molar-refractivity contribution < 1.29 is 14.4 Å². The number of nitrogens with one attached hydrogen (secondary N) is 2. The molecule has 2 aliphatic rings. The molecule has 3 rings (SSSR count). The van der Waals surface area contributed by atoms with E-state index in [2.05, 4.69) is 31.4 Å². The van der Waals surface area contributed by atoms with Crippen LogP contribution < -0.4 is 10.6 Å². The number of amides is 4. The fraction of sp³-hybridized carbons (Fsp3) is 0.609. The molecule has 1 saturated carbocycles. The third-order valence-corrected chi connectivity index (χ3v) is 6.23. The standard InChI is InChI=1S/C23H34N4O3/c1-16-11-22(2,3)15-23(12-16)20(29)27(21(30)25-23)14-19(28)24-13-18(26(4)5)17-9-7-6-8-10-17/h6-10,16,18H,11-15H2,1-5H3,(H,24,28)(H,25,30). The zero-order valence-electron chi connectivity index (χ0n) is 18.7. The fourth-order valence-electron chi connectivity index (χ4n) is 5.33. The SMILES string of the molecule is CC1CC(C)(C)CC2(C1)NC(=O)N(CC(=O)NCC(c1ccccc1)N(C)C)C2=O. The lowest BCUT2D eigenvalue weighted by Crippen LogP contribution is -2.54. The molecular formula is C23H34N4O3. The minimum absolute atomic E-state index is 0.00425. The molecule has 0 radical (unpaired) electrons. The highest BCUT2D eigenvalue weighted by atomic mass is 16.2. The number of benzene rings is 1. The Morgan fingerprint density at radius 1 is 1.23 bits per heavy atom. The van der Waals surface area contributed by atoms with Crippen molar-refractivity contribution in [2.24, 2.45) is 11.3 Å². The summed E-state index contributed by atoms with van der Waals surface area (Å²) < 4.78 is 0. The van der Waals surface area contributed by atoms with Crippen LogP contribution in [-0.4, -0.2) is 60.4 Å². The lowest BCUT2D eigenvalue weighted by atomic mass is 9.64. The second-order valence-corrected chi connectivity index (χ2v) is 9.95. The number of urea groups is 1. The monoisotopic (exact) mass is 414 g/mol. The Bertz CT molecular complexity index is 808. The number of likely N-dealkylation sites (N-methyl/N-ethyl adjacent to an activating group) is 1. The average Bonchev–Trinajstić information content (AvgIpc) is 2.84.